The summed E-state index contributed by atoms with van der Waals surface area (Å²) >= 11 is 0. The molecule has 0 bridgehead atoms. The molecule has 0 amide bonds. The Morgan fingerprint density at radius 1 is 0.889 bits per heavy atom. The summed E-state index contributed by atoms with van der Waals surface area (Å²) < 4.78 is 0. The van der Waals surface area contributed by atoms with Crippen LogP contribution in [0.4, 0.5) is 0 Å². The van der Waals surface area contributed by atoms with Crippen molar-refractivity contribution in [2.45, 2.75) is 38.5 Å². The first kappa shape index (κ1) is 8.96. The highest BCUT2D eigenvalue weighted by molar-refractivity contribution is 5.85. The Balaban J connectivity index is 0.000000640. The molecule has 1 aliphatic carbocycles. The third kappa shape index (κ3) is 3.52. The number of rotatable bonds is 0. The molecule has 1 saturated carbocycles. The van der Waals surface area contributed by atoms with E-state index in [1.807, 2.05) is 0 Å². The Hall–Kier alpha value is -0.0400. The van der Waals surface area contributed by atoms with E-state index in [2.05, 4.69) is 0 Å². The predicted molar refractivity (Wildman–Crippen MR) is 40.0 cm³/mol. The minimum Gasteiger partial charge on any atom is -0.300 e. The van der Waals surface area contributed by atoms with Crippen molar-refractivity contribution in [3.8, 4) is 0 Å². The summed E-state index contributed by atoms with van der Waals surface area (Å²) in [6, 6.07) is 0. The second-order valence-electron chi connectivity index (χ2n) is 2.45. The van der Waals surface area contributed by atoms with Gasteiger partial charge >= 0.3 is 0 Å². The fourth-order valence-corrected chi connectivity index (χ4v) is 1.12. The Bertz CT molecular complexity index is 80.9. The van der Waals surface area contributed by atoms with Gasteiger partial charge in [-0.1, -0.05) is 12.8 Å². The molecule has 9 heavy (non-hydrogen) atoms. The zero-order chi connectivity index (χ0) is 5.82. The Morgan fingerprint density at radius 2 is 1.33 bits per heavy atom. The van der Waals surface area contributed by atoms with Crippen molar-refractivity contribution < 1.29 is 4.79 Å². The number of hydrogen-bond acceptors (Lipinski definition) is 1. The maximum atomic E-state index is 10.7. The first-order valence-corrected chi connectivity index (χ1v) is 3.41. The van der Waals surface area contributed by atoms with Crippen molar-refractivity contribution in [2.24, 2.45) is 0 Å². The van der Waals surface area contributed by atoms with Crippen LogP contribution in [-0.4, -0.2) is 5.78 Å². The van der Waals surface area contributed by atoms with Crippen LogP contribution in [0.5, 0.6) is 0 Å². The number of hydrogen-bond donors (Lipinski definition) is 0. The summed E-state index contributed by atoms with van der Waals surface area (Å²) in [5.41, 5.74) is 0. The van der Waals surface area contributed by atoms with Crippen molar-refractivity contribution in [3.05, 3.63) is 0 Å². The van der Waals surface area contributed by atoms with E-state index in [1.54, 1.807) is 0 Å². The lowest BCUT2D eigenvalue weighted by atomic mass is 10.2. The lowest BCUT2D eigenvalue weighted by Crippen LogP contribution is -1.91. The molecule has 0 N–H and O–H groups in total. The lowest BCUT2D eigenvalue weighted by Gasteiger charge is -1.87. The summed E-state index contributed by atoms with van der Waals surface area (Å²) in [6.45, 7) is 0. The molecule has 0 radical (unpaired) electrons. The van der Waals surface area contributed by atoms with E-state index in [1.165, 1.54) is 12.8 Å². The second kappa shape index (κ2) is 4.80. The maximum absolute atomic E-state index is 10.7. The van der Waals surface area contributed by atoms with E-state index in [0.29, 0.717) is 5.78 Å². The number of carbonyl (C=O) groups is 1. The molecule has 0 atom stereocenters. The van der Waals surface area contributed by atoms with Crippen LogP contribution in [0.15, 0.2) is 0 Å². The van der Waals surface area contributed by atoms with Crippen molar-refractivity contribution in [1.29, 1.82) is 0 Å². The van der Waals surface area contributed by atoms with Crippen molar-refractivity contribution in [2.75, 3.05) is 0 Å². The van der Waals surface area contributed by atoms with Crippen LogP contribution in [0.3, 0.4) is 0 Å². The molecular formula is C7H13ClO. The van der Waals surface area contributed by atoms with E-state index in [9.17, 15) is 4.79 Å². The van der Waals surface area contributed by atoms with Gasteiger partial charge in [0.15, 0.2) is 0 Å². The van der Waals surface area contributed by atoms with Crippen LogP contribution in [0.2, 0.25) is 0 Å². The smallest absolute Gasteiger partial charge is 0.132 e. The van der Waals surface area contributed by atoms with Gasteiger partial charge in [0.25, 0.3) is 0 Å². The Labute approximate surface area is 62.2 Å². The van der Waals surface area contributed by atoms with Crippen LogP contribution >= 0.6 is 12.4 Å². The van der Waals surface area contributed by atoms with E-state index >= 15 is 0 Å². The van der Waals surface area contributed by atoms with Gasteiger partial charge in [-0.25, -0.2) is 0 Å². The second-order valence-corrected chi connectivity index (χ2v) is 2.45. The lowest BCUT2D eigenvalue weighted by molar-refractivity contribution is -0.118. The van der Waals surface area contributed by atoms with Gasteiger partial charge in [-0.2, -0.15) is 0 Å². The number of ketones is 1. The van der Waals surface area contributed by atoms with Gasteiger partial charge in [0.05, 0.1) is 0 Å². The highest BCUT2D eigenvalue weighted by Crippen LogP contribution is 2.12. The monoisotopic (exact) mass is 148 g/mol. The van der Waals surface area contributed by atoms with Crippen molar-refractivity contribution in [1.82, 2.24) is 0 Å². The molecule has 0 aromatic carbocycles. The first-order valence-electron chi connectivity index (χ1n) is 3.41. The molecule has 0 aliphatic heterocycles. The third-order valence-corrected chi connectivity index (χ3v) is 1.66. The van der Waals surface area contributed by atoms with E-state index in [4.69, 9.17) is 0 Å². The average molecular weight is 149 g/mol. The minimum atomic E-state index is 0. The SMILES string of the molecule is Cl.O=C1CCCCCC1. The van der Waals surface area contributed by atoms with Gasteiger partial charge in [-0.3, -0.25) is 4.79 Å². The molecule has 0 heterocycles. The van der Waals surface area contributed by atoms with Gasteiger partial charge < -0.3 is 0 Å². The normalized spacial score (nSPS) is 20.2. The number of carbonyl (C=O) groups excluding carboxylic acids is 1. The minimum absolute atomic E-state index is 0. The van der Waals surface area contributed by atoms with Gasteiger partial charge in [-0.05, 0) is 12.8 Å². The number of Topliss-reactive ketones (excluding diaryl/α,β-unsaturated/α-hetero) is 1. The summed E-state index contributed by atoms with van der Waals surface area (Å²) in [5.74, 6) is 0.475. The molecule has 2 heteroatoms. The van der Waals surface area contributed by atoms with Crippen LogP contribution in [0, 0.1) is 0 Å². The molecular weight excluding hydrogens is 136 g/mol. The number of halogens is 1. The van der Waals surface area contributed by atoms with Gasteiger partial charge in [0.1, 0.15) is 5.78 Å². The first-order chi connectivity index (χ1) is 3.89. The fraction of sp³-hybridized carbons (Fsp3) is 0.857. The zero-order valence-corrected chi connectivity index (χ0v) is 6.38. The van der Waals surface area contributed by atoms with Crippen LogP contribution in [-0.2, 0) is 4.79 Å². The topological polar surface area (TPSA) is 17.1 Å². The molecule has 0 aromatic heterocycles. The maximum Gasteiger partial charge on any atom is 0.132 e. The van der Waals surface area contributed by atoms with E-state index in [-0.39, 0.29) is 12.4 Å². The zero-order valence-electron chi connectivity index (χ0n) is 5.56. The van der Waals surface area contributed by atoms with Gasteiger partial charge in [0, 0.05) is 12.8 Å². The van der Waals surface area contributed by atoms with Crippen LogP contribution < -0.4 is 0 Å². The molecule has 0 unspecified atom stereocenters. The molecule has 0 spiro atoms. The standard InChI is InChI=1S/C7H12O.ClH/c8-7-5-3-1-2-4-6-7;/h1-6H2;1H. The average Bonchev–Trinajstić information content (AvgIpc) is 1.94. The molecule has 1 aliphatic rings. The van der Waals surface area contributed by atoms with Crippen LogP contribution in [0.25, 0.3) is 0 Å². The van der Waals surface area contributed by atoms with Crippen LogP contribution in [0.1, 0.15) is 38.5 Å². The summed E-state index contributed by atoms with van der Waals surface area (Å²) in [7, 11) is 0. The molecule has 1 nitrogen and oxygen atoms in total. The van der Waals surface area contributed by atoms with Crippen molar-refractivity contribution in [3.63, 3.8) is 0 Å². The quantitative estimate of drug-likeness (QED) is 0.482. The molecule has 0 saturated heterocycles. The largest absolute Gasteiger partial charge is 0.300 e. The highest BCUT2D eigenvalue weighted by atomic mass is 35.5. The Morgan fingerprint density at radius 3 is 1.78 bits per heavy atom. The summed E-state index contributed by atoms with van der Waals surface area (Å²) in [4.78, 5) is 10.7. The summed E-state index contributed by atoms with van der Waals surface area (Å²) in [6.07, 6.45) is 6.51. The highest BCUT2D eigenvalue weighted by Gasteiger charge is 2.04. The molecule has 0 aromatic rings. The molecule has 54 valence electrons. The predicted octanol–water partition coefficient (Wildman–Crippen LogP) is 2.33. The molecule has 1 rings (SSSR count). The van der Waals surface area contributed by atoms with Gasteiger partial charge in [0.2, 0.25) is 0 Å². The third-order valence-electron chi connectivity index (χ3n) is 1.66. The van der Waals surface area contributed by atoms with Crippen molar-refractivity contribution >= 4 is 18.2 Å². The Kier molecular flexibility index (Phi) is 4.78. The fourth-order valence-electron chi connectivity index (χ4n) is 1.12. The molecule has 1 fully saturated rings. The summed E-state index contributed by atoms with van der Waals surface area (Å²) in [5, 5.41) is 0. The van der Waals surface area contributed by atoms with Gasteiger partial charge in [-0.15, -0.1) is 12.4 Å². The van der Waals surface area contributed by atoms with E-state index in [0.717, 1.165) is 25.7 Å². The van der Waals surface area contributed by atoms with E-state index < -0.39 is 0 Å².